The predicted molar refractivity (Wildman–Crippen MR) is 144 cm³/mol. The average molecular weight is 454 g/mol. The van der Waals surface area contributed by atoms with Gasteiger partial charge in [0.1, 0.15) is 18.1 Å². The maximum Gasteiger partial charge on any atom is 0.261 e. The minimum Gasteiger partial charge on any atom is -0.232 e. The molecule has 0 unspecified atom stereocenters. The number of imidazole rings is 1. The monoisotopic (exact) mass is 453 g/mol. The topological polar surface area (TPSA) is 8.81 Å². The number of nitrogens with zero attached hydrogens (tertiary/aromatic N) is 2. The molecule has 2 aromatic rings. The summed E-state index contributed by atoms with van der Waals surface area (Å²) in [6.07, 6.45) is 30.0. The van der Waals surface area contributed by atoms with Crippen LogP contribution in [-0.2, 0) is 6.42 Å². The van der Waals surface area contributed by atoms with Crippen LogP contribution >= 0.6 is 0 Å². The molecule has 0 saturated carbocycles. The molecule has 2 rings (SSSR count). The van der Waals surface area contributed by atoms with E-state index in [9.17, 15) is 0 Å². The van der Waals surface area contributed by atoms with E-state index in [1.165, 1.54) is 127 Å². The van der Waals surface area contributed by atoms with Crippen LogP contribution in [0.25, 0.3) is 5.69 Å². The van der Waals surface area contributed by atoms with Crippen LogP contribution in [0.15, 0.2) is 42.7 Å². The number of rotatable bonds is 20. The predicted octanol–water partition coefficient (Wildman–Crippen LogP) is 9.54. The van der Waals surface area contributed by atoms with Gasteiger partial charge in [0.05, 0.1) is 6.04 Å². The van der Waals surface area contributed by atoms with E-state index in [0.717, 1.165) is 0 Å². The molecular weight excluding hydrogens is 400 g/mol. The summed E-state index contributed by atoms with van der Waals surface area (Å²) in [5.41, 5.74) is 1.28. The molecule has 1 heterocycles. The zero-order valence-corrected chi connectivity index (χ0v) is 22.2. The van der Waals surface area contributed by atoms with Crippen molar-refractivity contribution in [3.05, 3.63) is 48.5 Å². The first-order valence-corrected chi connectivity index (χ1v) is 14.4. The molecule has 0 N–H and O–H groups in total. The van der Waals surface area contributed by atoms with Gasteiger partial charge in [0, 0.05) is 6.42 Å². The van der Waals surface area contributed by atoms with Crippen LogP contribution in [0.3, 0.4) is 0 Å². The highest BCUT2D eigenvalue weighted by atomic mass is 15.2. The Labute approximate surface area is 205 Å². The second kappa shape index (κ2) is 17.8. The Morgan fingerprint density at radius 3 is 1.55 bits per heavy atom. The molecule has 0 aliphatic carbocycles. The molecule has 2 nitrogen and oxygen atoms in total. The lowest BCUT2D eigenvalue weighted by Crippen LogP contribution is -2.39. The summed E-state index contributed by atoms with van der Waals surface area (Å²) in [7, 11) is 0. The third kappa shape index (κ3) is 11.4. The highest BCUT2D eigenvalue weighted by Gasteiger charge is 2.20. The molecule has 0 atom stereocenters. The van der Waals surface area contributed by atoms with Gasteiger partial charge in [0.15, 0.2) is 0 Å². The van der Waals surface area contributed by atoms with E-state index in [1.54, 1.807) is 0 Å². The molecule has 0 spiro atoms. The van der Waals surface area contributed by atoms with Crippen LogP contribution in [-0.4, -0.2) is 4.57 Å². The van der Waals surface area contributed by atoms with Crippen molar-refractivity contribution in [1.82, 2.24) is 4.57 Å². The fourth-order valence-corrected chi connectivity index (χ4v) is 4.99. The van der Waals surface area contributed by atoms with Crippen molar-refractivity contribution >= 4 is 0 Å². The van der Waals surface area contributed by atoms with Gasteiger partial charge in [-0.3, -0.25) is 0 Å². The first-order chi connectivity index (χ1) is 16.2. The van der Waals surface area contributed by atoms with E-state index in [-0.39, 0.29) is 0 Å². The van der Waals surface area contributed by atoms with E-state index < -0.39 is 0 Å². The third-order valence-electron chi connectivity index (χ3n) is 7.05. The molecule has 33 heavy (non-hydrogen) atoms. The first kappa shape index (κ1) is 27.7. The van der Waals surface area contributed by atoms with Crippen molar-refractivity contribution in [2.24, 2.45) is 0 Å². The van der Waals surface area contributed by atoms with E-state index >= 15 is 0 Å². The van der Waals surface area contributed by atoms with Gasteiger partial charge in [-0.2, -0.15) is 4.57 Å². The summed E-state index contributed by atoms with van der Waals surface area (Å²) in [5.74, 6) is 1.44. The Balaban J connectivity index is 1.49. The quantitative estimate of drug-likeness (QED) is 0.139. The second-order valence-electron chi connectivity index (χ2n) is 10.3. The zero-order valence-electron chi connectivity index (χ0n) is 22.2. The summed E-state index contributed by atoms with van der Waals surface area (Å²) in [4.78, 5) is 0. The SMILES string of the molecule is CCCCCCCCCCCCCCCCCCCc1n(-c2ccccc2)cc[n+]1C(C)C. The molecule has 1 aromatic carbocycles. The largest absolute Gasteiger partial charge is 0.261 e. The Bertz CT molecular complexity index is 701. The Kier molecular flexibility index (Phi) is 15.0. The van der Waals surface area contributed by atoms with Crippen LogP contribution < -0.4 is 4.57 Å². The molecular formula is C31H53N2+. The van der Waals surface area contributed by atoms with Gasteiger partial charge >= 0.3 is 0 Å². The van der Waals surface area contributed by atoms with Crippen molar-refractivity contribution in [2.75, 3.05) is 0 Å². The minimum atomic E-state index is 0.510. The number of aromatic nitrogens is 2. The highest BCUT2D eigenvalue weighted by molar-refractivity contribution is 5.31. The van der Waals surface area contributed by atoms with Crippen molar-refractivity contribution in [2.45, 2.75) is 142 Å². The van der Waals surface area contributed by atoms with Crippen LogP contribution in [0.1, 0.15) is 142 Å². The molecule has 1 aromatic heterocycles. The van der Waals surface area contributed by atoms with Gasteiger partial charge < -0.3 is 0 Å². The van der Waals surface area contributed by atoms with Gasteiger partial charge in [-0.15, -0.1) is 0 Å². The van der Waals surface area contributed by atoms with Crippen molar-refractivity contribution in [3.63, 3.8) is 0 Å². The van der Waals surface area contributed by atoms with Crippen LogP contribution in [0.4, 0.5) is 0 Å². The van der Waals surface area contributed by atoms with Gasteiger partial charge in [-0.05, 0) is 32.4 Å². The highest BCUT2D eigenvalue weighted by Crippen LogP contribution is 2.16. The third-order valence-corrected chi connectivity index (χ3v) is 7.05. The Hall–Kier alpha value is -1.57. The number of para-hydroxylation sites is 1. The standard InChI is InChI=1S/C31H53N2/c1-4-5-6-7-8-9-10-11-12-13-14-15-16-17-18-19-23-26-31-32(29(2)3)27-28-33(31)30-24-21-20-22-25-30/h20-22,24-25,27-29H,4-19,23,26H2,1-3H3/q+1. The molecule has 0 aliphatic heterocycles. The Morgan fingerprint density at radius 2 is 1.09 bits per heavy atom. The molecule has 2 heteroatoms. The van der Waals surface area contributed by atoms with E-state index in [1.807, 2.05) is 0 Å². The Morgan fingerprint density at radius 1 is 0.636 bits per heavy atom. The molecule has 0 fully saturated rings. The maximum atomic E-state index is 2.44. The van der Waals surface area contributed by atoms with Crippen LogP contribution in [0.5, 0.6) is 0 Å². The minimum absolute atomic E-state index is 0.510. The second-order valence-corrected chi connectivity index (χ2v) is 10.3. The lowest BCUT2D eigenvalue weighted by Gasteiger charge is -2.08. The maximum absolute atomic E-state index is 2.44. The van der Waals surface area contributed by atoms with Crippen molar-refractivity contribution < 1.29 is 4.57 Å². The summed E-state index contributed by atoms with van der Waals surface area (Å²) in [5, 5.41) is 0. The lowest BCUT2D eigenvalue weighted by atomic mass is 10.0. The average Bonchev–Trinajstić information content (AvgIpc) is 3.26. The molecule has 186 valence electrons. The van der Waals surface area contributed by atoms with Crippen molar-refractivity contribution in [1.29, 1.82) is 0 Å². The normalized spacial score (nSPS) is 11.5. The summed E-state index contributed by atoms with van der Waals surface area (Å²) >= 11 is 0. The molecule has 0 aliphatic rings. The molecule has 0 bridgehead atoms. The van der Waals surface area contributed by atoms with Gasteiger partial charge in [0.25, 0.3) is 5.82 Å². The summed E-state index contributed by atoms with van der Waals surface area (Å²) < 4.78 is 4.83. The molecule has 0 radical (unpaired) electrons. The summed E-state index contributed by atoms with van der Waals surface area (Å²) in [6, 6.07) is 11.3. The van der Waals surface area contributed by atoms with E-state index in [2.05, 4.69) is 72.6 Å². The smallest absolute Gasteiger partial charge is 0.232 e. The number of unbranched alkanes of at least 4 members (excludes halogenated alkanes) is 16. The van der Waals surface area contributed by atoms with Crippen molar-refractivity contribution in [3.8, 4) is 5.69 Å². The first-order valence-electron chi connectivity index (χ1n) is 14.4. The van der Waals surface area contributed by atoms with Crippen LogP contribution in [0.2, 0.25) is 0 Å². The number of benzene rings is 1. The van der Waals surface area contributed by atoms with Crippen LogP contribution in [0, 0.1) is 0 Å². The molecule has 0 saturated heterocycles. The number of hydrogen-bond acceptors (Lipinski definition) is 0. The molecule has 0 amide bonds. The number of hydrogen-bond donors (Lipinski definition) is 0. The van der Waals surface area contributed by atoms with E-state index in [0.29, 0.717) is 6.04 Å². The fraction of sp³-hybridized carbons (Fsp3) is 0.710. The van der Waals surface area contributed by atoms with Gasteiger partial charge in [-0.25, -0.2) is 4.57 Å². The lowest BCUT2D eigenvalue weighted by molar-refractivity contribution is -0.722. The fourth-order valence-electron chi connectivity index (χ4n) is 4.99. The van der Waals surface area contributed by atoms with E-state index in [4.69, 9.17) is 0 Å². The van der Waals surface area contributed by atoms with Gasteiger partial charge in [0.2, 0.25) is 0 Å². The van der Waals surface area contributed by atoms with Gasteiger partial charge in [-0.1, -0.05) is 128 Å². The summed E-state index contributed by atoms with van der Waals surface area (Å²) in [6.45, 7) is 6.87. The zero-order chi connectivity index (χ0) is 23.6.